The summed E-state index contributed by atoms with van der Waals surface area (Å²) in [5, 5.41) is 6.71. The van der Waals surface area contributed by atoms with Crippen LogP contribution in [0.25, 0.3) is 0 Å². The summed E-state index contributed by atoms with van der Waals surface area (Å²) in [6, 6.07) is 4.39. The van der Waals surface area contributed by atoms with E-state index in [0.29, 0.717) is 6.10 Å². The third kappa shape index (κ3) is 6.52. The fourth-order valence-corrected chi connectivity index (χ4v) is 3.22. The van der Waals surface area contributed by atoms with Crippen LogP contribution in [-0.4, -0.2) is 32.3 Å². The van der Waals surface area contributed by atoms with Gasteiger partial charge in [0.2, 0.25) is 0 Å². The van der Waals surface area contributed by atoms with Gasteiger partial charge in [-0.25, -0.2) is 0 Å². The van der Waals surface area contributed by atoms with Gasteiger partial charge in [0.25, 0.3) is 0 Å². The first-order valence-corrected chi connectivity index (χ1v) is 8.27. The zero-order chi connectivity index (χ0) is 14.2. The van der Waals surface area contributed by atoms with Crippen molar-refractivity contribution in [2.75, 3.05) is 20.2 Å². The zero-order valence-electron chi connectivity index (χ0n) is 12.9. The Kier molecular flexibility index (Phi) is 9.26. The molecule has 120 valence electrons. The molecule has 4 nitrogen and oxygen atoms in total. The number of hydrogen-bond acceptors (Lipinski definition) is 3. The lowest BCUT2D eigenvalue weighted by molar-refractivity contribution is 0.105. The zero-order valence-corrected chi connectivity index (χ0v) is 16.0. The van der Waals surface area contributed by atoms with Crippen LogP contribution in [0.3, 0.4) is 0 Å². The highest BCUT2D eigenvalue weighted by Gasteiger charge is 2.14. The molecule has 1 aromatic rings. The molecule has 0 amide bonds. The van der Waals surface area contributed by atoms with Gasteiger partial charge >= 0.3 is 0 Å². The number of nitrogens with zero attached hydrogens (tertiary/aromatic N) is 1. The van der Waals surface area contributed by atoms with E-state index in [2.05, 4.69) is 34.7 Å². The molecule has 1 aliphatic heterocycles. The molecule has 2 N–H and O–H groups in total. The number of ether oxygens (including phenoxy) is 1. The lowest BCUT2D eigenvalue weighted by atomic mass is 10.2. The molecule has 0 spiro atoms. The smallest absolute Gasteiger partial charge is 0.191 e. The molecule has 1 saturated heterocycles. The minimum absolute atomic E-state index is 0. The second kappa shape index (κ2) is 10.4. The van der Waals surface area contributed by atoms with Gasteiger partial charge in [0.1, 0.15) is 0 Å². The van der Waals surface area contributed by atoms with Crippen LogP contribution < -0.4 is 10.6 Å². The van der Waals surface area contributed by atoms with Crippen molar-refractivity contribution in [3.8, 4) is 0 Å². The van der Waals surface area contributed by atoms with Crippen LogP contribution in [0.15, 0.2) is 17.1 Å². The maximum Gasteiger partial charge on any atom is 0.191 e. The summed E-state index contributed by atoms with van der Waals surface area (Å²) in [6.07, 6.45) is 5.00. The van der Waals surface area contributed by atoms with Crippen LogP contribution >= 0.6 is 35.3 Å². The number of halogens is 1. The Morgan fingerprint density at radius 3 is 2.81 bits per heavy atom. The van der Waals surface area contributed by atoms with E-state index in [-0.39, 0.29) is 24.0 Å². The number of hydrogen-bond donors (Lipinski definition) is 2. The molecule has 1 atom stereocenters. The third-order valence-electron chi connectivity index (χ3n) is 3.50. The number of thiophene rings is 1. The monoisotopic (exact) mass is 423 g/mol. The van der Waals surface area contributed by atoms with Gasteiger partial charge in [-0.15, -0.1) is 35.3 Å². The predicted octanol–water partition coefficient (Wildman–Crippen LogP) is 3.16. The molecule has 0 radical (unpaired) electrons. The largest absolute Gasteiger partial charge is 0.378 e. The molecule has 2 rings (SSSR count). The Morgan fingerprint density at radius 1 is 1.38 bits per heavy atom. The van der Waals surface area contributed by atoms with Crippen molar-refractivity contribution in [1.82, 2.24) is 10.6 Å². The first kappa shape index (κ1) is 18.7. The van der Waals surface area contributed by atoms with E-state index in [0.717, 1.165) is 38.5 Å². The Labute approximate surface area is 148 Å². The van der Waals surface area contributed by atoms with Crippen LogP contribution in [0, 0.1) is 0 Å². The van der Waals surface area contributed by atoms with E-state index < -0.39 is 0 Å². The van der Waals surface area contributed by atoms with E-state index in [1.165, 1.54) is 22.6 Å². The van der Waals surface area contributed by atoms with Gasteiger partial charge < -0.3 is 15.4 Å². The van der Waals surface area contributed by atoms with E-state index in [9.17, 15) is 0 Å². The summed E-state index contributed by atoms with van der Waals surface area (Å²) in [7, 11) is 1.81. The topological polar surface area (TPSA) is 45.7 Å². The summed E-state index contributed by atoms with van der Waals surface area (Å²) in [4.78, 5) is 7.04. The lowest BCUT2D eigenvalue weighted by Gasteiger charge is -2.13. The average Bonchev–Trinajstić information content (AvgIpc) is 3.13. The molecule has 1 aromatic heterocycles. The van der Waals surface area contributed by atoms with Crippen LogP contribution in [0.5, 0.6) is 0 Å². The molecule has 0 aromatic carbocycles. The molecule has 1 aliphatic rings. The molecule has 0 bridgehead atoms. The molecule has 0 aliphatic carbocycles. The first-order chi connectivity index (χ1) is 9.81. The minimum atomic E-state index is 0. The van der Waals surface area contributed by atoms with Gasteiger partial charge in [-0.2, -0.15) is 0 Å². The molecular formula is C15H26IN3OS. The highest BCUT2D eigenvalue weighted by Crippen LogP contribution is 2.16. The summed E-state index contributed by atoms with van der Waals surface area (Å²) < 4.78 is 5.61. The average molecular weight is 423 g/mol. The van der Waals surface area contributed by atoms with Gasteiger partial charge in [0.05, 0.1) is 12.6 Å². The van der Waals surface area contributed by atoms with Crippen molar-refractivity contribution in [3.05, 3.63) is 21.9 Å². The number of nitrogens with one attached hydrogen (secondary N) is 2. The van der Waals surface area contributed by atoms with Gasteiger partial charge in [-0.05, 0) is 37.8 Å². The van der Waals surface area contributed by atoms with Crippen molar-refractivity contribution < 1.29 is 4.74 Å². The lowest BCUT2D eigenvalue weighted by Crippen LogP contribution is -2.38. The van der Waals surface area contributed by atoms with E-state index in [4.69, 9.17) is 4.74 Å². The molecule has 0 saturated carbocycles. The first-order valence-electron chi connectivity index (χ1n) is 7.45. The number of aryl methyl sites for hydroxylation is 1. The minimum Gasteiger partial charge on any atom is -0.378 e. The van der Waals surface area contributed by atoms with Crippen molar-refractivity contribution in [2.24, 2.45) is 4.99 Å². The van der Waals surface area contributed by atoms with Gasteiger partial charge in [-0.3, -0.25) is 4.99 Å². The van der Waals surface area contributed by atoms with Gasteiger partial charge in [0.15, 0.2) is 5.96 Å². The number of guanidine groups is 1. The van der Waals surface area contributed by atoms with E-state index in [1.807, 2.05) is 18.4 Å². The molecule has 1 fully saturated rings. The maximum absolute atomic E-state index is 5.61. The molecule has 6 heteroatoms. The predicted molar refractivity (Wildman–Crippen MR) is 101 cm³/mol. The van der Waals surface area contributed by atoms with Crippen molar-refractivity contribution in [1.29, 1.82) is 0 Å². The fraction of sp³-hybridized carbons (Fsp3) is 0.667. The summed E-state index contributed by atoms with van der Waals surface area (Å²) in [5.74, 6) is 0.870. The second-order valence-electron chi connectivity index (χ2n) is 5.00. The normalized spacial score (nSPS) is 18.4. The Balaban J connectivity index is 0.00000220. The van der Waals surface area contributed by atoms with Gasteiger partial charge in [-0.1, -0.05) is 6.92 Å². The third-order valence-corrected chi connectivity index (χ3v) is 4.73. The summed E-state index contributed by atoms with van der Waals surface area (Å²) in [5.41, 5.74) is 0. The van der Waals surface area contributed by atoms with Gasteiger partial charge in [0, 0.05) is 30.0 Å². The molecular weight excluding hydrogens is 397 g/mol. The second-order valence-corrected chi connectivity index (χ2v) is 6.25. The Hall–Kier alpha value is -0.340. The highest BCUT2D eigenvalue weighted by atomic mass is 127. The van der Waals surface area contributed by atoms with Crippen LogP contribution in [0.2, 0.25) is 0 Å². The molecule has 2 heterocycles. The molecule has 21 heavy (non-hydrogen) atoms. The highest BCUT2D eigenvalue weighted by molar-refractivity contribution is 14.0. The summed E-state index contributed by atoms with van der Waals surface area (Å²) >= 11 is 1.86. The van der Waals surface area contributed by atoms with E-state index in [1.54, 1.807) is 0 Å². The molecule has 1 unspecified atom stereocenters. The van der Waals surface area contributed by atoms with E-state index >= 15 is 0 Å². The van der Waals surface area contributed by atoms with Crippen LogP contribution in [0.1, 0.15) is 35.9 Å². The van der Waals surface area contributed by atoms with Crippen LogP contribution in [0.4, 0.5) is 0 Å². The van der Waals surface area contributed by atoms with Crippen molar-refractivity contribution >= 4 is 41.3 Å². The number of aliphatic imine (C=N–C) groups is 1. The Bertz CT molecular complexity index is 430. The Morgan fingerprint density at radius 2 is 2.19 bits per heavy atom. The number of rotatable bonds is 6. The SMILES string of the molecule is CCc1ccc(CNC(=NC)NCCC2CCCO2)s1.I. The maximum atomic E-state index is 5.61. The standard InChI is InChI=1S/C15H25N3OS.HI/c1-3-13-6-7-14(20-13)11-18-15(16-2)17-9-8-12-5-4-10-19-12;/h6-7,12H,3-5,8-11H2,1-2H3,(H2,16,17,18);1H. The summed E-state index contributed by atoms with van der Waals surface area (Å²) in [6.45, 7) is 4.86. The quantitative estimate of drug-likeness (QED) is 0.420. The van der Waals surface area contributed by atoms with Crippen molar-refractivity contribution in [2.45, 2.75) is 45.3 Å². The van der Waals surface area contributed by atoms with Crippen molar-refractivity contribution in [3.63, 3.8) is 0 Å². The fourth-order valence-electron chi connectivity index (χ4n) is 2.32. The van der Waals surface area contributed by atoms with Crippen LogP contribution in [-0.2, 0) is 17.7 Å².